The van der Waals surface area contributed by atoms with E-state index in [1.165, 1.54) is 23.4 Å². The molecular weight excluding hydrogens is 469 g/mol. The first-order valence-electron chi connectivity index (χ1n) is 11.7. The van der Waals surface area contributed by atoms with E-state index in [9.17, 15) is 23.6 Å². The number of anilines is 1. The first-order valence-corrected chi connectivity index (χ1v) is 11.7. The Bertz CT molecular complexity index is 1430. The lowest BCUT2D eigenvalue weighted by atomic mass is 10.0. The number of carbonyl (C=O) groups is 4. The number of nitrogens with zero attached hydrogens (tertiary/aromatic N) is 4. The van der Waals surface area contributed by atoms with Gasteiger partial charge in [-0.25, -0.2) is 9.37 Å². The third-order valence-corrected chi connectivity index (χ3v) is 7.08. The largest absolute Gasteiger partial charge is 0.443 e. The lowest BCUT2D eigenvalue weighted by Crippen LogP contribution is -2.52. The van der Waals surface area contributed by atoms with E-state index >= 15 is 0 Å². The highest BCUT2D eigenvalue weighted by Crippen LogP contribution is 2.35. The van der Waals surface area contributed by atoms with Crippen LogP contribution in [0.2, 0.25) is 0 Å². The summed E-state index contributed by atoms with van der Waals surface area (Å²) in [6.45, 7) is 1.92. The van der Waals surface area contributed by atoms with Gasteiger partial charge in [-0.1, -0.05) is 0 Å². The van der Waals surface area contributed by atoms with Gasteiger partial charge < -0.3 is 19.1 Å². The molecule has 3 aromatic rings. The molecule has 1 N–H and O–H groups in total. The number of aromatic nitrogens is 1. The highest BCUT2D eigenvalue weighted by Gasteiger charge is 2.41. The molecule has 1 aromatic heterocycles. The summed E-state index contributed by atoms with van der Waals surface area (Å²) in [5.41, 5.74) is 3.21. The number of oxazole rings is 1. The minimum atomic E-state index is -0.768. The number of piperazine rings is 1. The van der Waals surface area contributed by atoms with E-state index in [4.69, 9.17) is 4.42 Å². The zero-order valence-corrected chi connectivity index (χ0v) is 19.2. The van der Waals surface area contributed by atoms with Crippen molar-refractivity contribution in [2.75, 3.05) is 31.1 Å². The number of carbonyl (C=O) groups excluding carboxylic acids is 4. The molecule has 0 aliphatic carbocycles. The van der Waals surface area contributed by atoms with E-state index in [0.29, 0.717) is 54.1 Å². The first-order chi connectivity index (χ1) is 17.4. The Morgan fingerprint density at radius 2 is 1.89 bits per heavy atom. The first kappa shape index (κ1) is 22.2. The quantitative estimate of drug-likeness (QED) is 0.555. The van der Waals surface area contributed by atoms with E-state index in [1.807, 2.05) is 4.90 Å². The summed E-state index contributed by atoms with van der Waals surface area (Å²) in [7, 11) is 0. The molecular formula is C25H22FN5O5. The van der Waals surface area contributed by atoms with E-state index in [1.54, 1.807) is 23.1 Å². The molecule has 3 aliphatic heterocycles. The normalized spacial score (nSPS) is 20.2. The van der Waals surface area contributed by atoms with Crippen molar-refractivity contribution in [1.82, 2.24) is 20.1 Å². The number of benzene rings is 2. The fourth-order valence-corrected chi connectivity index (χ4v) is 5.21. The summed E-state index contributed by atoms with van der Waals surface area (Å²) >= 11 is 0. The maximum Gasteiger partial charge on any atom is 0.255 e. The van der Waals surface area contributed by atoms with Crippen molar-refractivity contribution in [2.24, 2.45) is 0 Å². The monoisotopic (exact) mass is 491 g/mol. The Hall–Kier alpha value is -4.28. The third kappa shape index (κ3) is 3.67. The van der Waals surface area contributed by atoms with Crippen LogP contribution in [-0.2, 0) is 16.1 Å². The van der Waals surface area contributed by atoms with E-state index in [0.717, 1.165) is 0 Å². The average Bonchev–Trinajstić information content (AvgIpc) is 3.47. The topological polar surface area (TPSA) is 116 Å². The fraction of sp³-hybridized carbons (Fsp3) is 0.320. The molecule has 11 heteroatoms. The molecule has 6 rings (SSSR count). The molecule has 4 amide bonds. The lowest BCUT2D eigenvalue weighted by Gasteiger charge is -2.37. The Labute approximate surface area is 204 Å². The predicted octanol–water partition coefficient (Wildman–Crippen LogP) is 1.69. The molecule has 2 aromatic carbocycles. The van der Waals surface area contributed by atoms with Gasteiger partial charge in [0.2, 0.25) is 11.8 Å². The number of nitrogens with one attached hydrogen (secondary N) is 1. The van der Waals surface area contributed by atoms with Gasteiger partial charge >= 0.3 is 0 Å². The van der Waals surface area contributed by atoms with Gasteiger partial charge in [0, 0.05) is 61.5 Å². The smallest absolute Gasteiger partial charge is 0.255 e. The zero-order chi connectivity index (χ0) is 25.0. The molecule has 0 radical (unpaired) electrons. The van der Waals surface area contributed by atoms with Crippen LogP contribution in [0.5, 0.6) is 0 Å². The Kier molecular flexibility index (Phi) is 5.20. The van der Waals surface area contributed by atoms with Crippen LogP contribution >= 0.6 is 0 Å². The number of imide groups is 1. The maximum absolute atomic E-state index is 14.6. The molecule has 36 heavy (non-hydrogen) atoms. The van der Waals surface area contributed by atoms with Gasteiger partial charge in [-0.15, -0.1) is 0 Å². The van der Waals surface area contributed by atoms with Crippen LogP contribution in [0.1, 0.15) is 39.1 Å². The number of rotatable bonds is 3. The van der Waals surface area contributed by atoms with Gasteiger partial charge in [-0.2, -0.15) is 0 Å². The van der Waals surface area contributed by atoms with Crippen LogP contribution in [0.15, 0.2) is 41.1 Å². The summed E-state index contributed by atoms with van der Waals surface area (Å²) < 4.78 is 19.8. The molecule has 184 valence electrons. The number of piperidine rings is 1. The van der Waals surface area contributed by atoms with E-state index in [-0.39, 0.29) is 36.8 Å². The number of halogens is 1. The molecule has 2 saturated heterocycles. The predicted molar refractivity (Wildman–Crippen MR) is 125 cm³/mol. The van der Waals surface area contributed by atoms with Crippen LogP contribution in [0.25, 0.3) is 11.1 Å². The van der Waals surface area contributed by atoms with Crippen LogP contribution in [0, 0.1) is 5.82 Å². The summed E-state index contributed by atoms with van der Waals surface area (Å²) in [6, 6.07) is 6.95. The molecule has 10 nitrogen and oxygen atoms in total. The van der Waals surface area contributed by atoms with Gasteiger partial charge in [0.05, 0.1) is 0 Å². The maximum atomic E-state index is 14.6. The van der Waals surface area contributed by atoms with Gasteiger partial charge in [-0.05, 0) is 36.8 Å². The van der Waals surface area contributed by atoms with Gasteiger partial charge in [-0.3, -0.25) is 24.5 Å². The van der Waals surface area contributed by atoms with E-state index < -0.39 is 23.7 Å². The third-order valence-electron chi connectivity index (χ3n) is 7.08. The van der Waals surface area contributed by atoms with Crippen LogP contribution in [0.3, 0.4) is 0 Å². The van der Waals surface area contributed by atoms with Crippen molar-refractivity contribution in [2.45, 2.75) is 25.4 Å². The van der Waals surface area contributed by atoms with Gasteiger partial charge in [0.25, 0.3) is 11.8 Å². The molecule has 2 fully saturated rings. The molecule has 4 heterocycles. The minimum absolute atomic E-state index is 0.122. The van der Waals surface area contributed by atoms with Crippen molar-refractivity contribution in [3.05, 3.63) is 59.2 Å². The second-order valence-corrected chi connectivity index (χ2v) is 9.17. The Morgan fingerprint density at radius 3 is 2.67 bits per heavy atom. The van der Waals surface area contributed by atoms with Crippen LogP contribution < -0.4 is 10.2 Å². The standard InChI is InChI=1S/C25H22FN5O5/c26-15-10-16-17(12-31(25(16)35)19-2-4-22(32)28-23(19)33)20(11-15)29-5-7-30(8-6-29)24(34)14-1-3-21-18(9-14)27-13-36-21/h1,3,9-11,13,19H,2,4-8,12H2,(H,28,32,33). The average molecular weight is 491 g/mol. The SMILES string of the molecule is O=C1CCC(N2Cc3c(cc(F)cc3N3CCN(C(=O)c4ccc5ocnc5c4)CC3)C2=O)C(=O)N1. The second kappa shape index (κ2) is 8.43. The second-order valence-electron chi connectivity index (χ2n) is 9.17. The fourth-order valence-electron chi connectivity index (χ4n) is 5.21. The number of hydrogen-bond acceptors (Lipinski definition) is 7. The summed E-state index contributed by atoms with van der Waals surface area (Å²) in [6.07, 6.45) is 1.72. The zero-order valence-electron chi connectivity index (χ0n) is 19.2. The van der Waals surface area contributed by atoms with Gasteiger partial charge in [0.15, 0.2) is 12.0 Å². The molecule has 3 aliphatic rings. The molecule has 1 atom stereocenters. The van der Waals surface area contributed by atoms with Crippen molar-refractivity contribution < 1.29 is 28.0 Å². The Morgan fingerprint density at radius 1 is 1.08 bits per heavy atom. The summed E-state index contributed by atoms with van der Waals surface area (Å²) in [5.74, 6) is -1.95. The number of hydrogen-bond donors (Lipinski definition) is 1. The lowest BCUT2D eigenvalue weighted by molar-refractivity contribution is -0.136. The van der Waals surface area contributed by atoms with Crippen molar-refractivity contribution >= 4 is 40.4 Å². The molecule has 0 bridgehead atoms. The summed E-state index contributed by atoms with van der Waals surface area (Å²) in [4.78, 5) is 59.2. The van der Waals surface area contributed by atoms with Crippen LogP contribution in [0.4, 0.5) is 10.1 Å². The summed E-state index contributed by atoms with van der Waals surface area (Å²) in [5, 5.41) is 2.28. The van der Waals surface area contributed by atoms with Gasteiger partial charge in [0.1, 0.15) is 17.4 Å². The number of amides is 4. The minimum Gasteiger partial charge on any atom is -0.443 e. The number of fused-ring (bicyclic) bond motifs is 2. The van der Waals surface area contributed by atoms with Crippen molar-refractivity contribution in [3.63, 3.8) is 0 Å². The molecule has 0 saturated carbocycles. The molecule has 1 unspecified atom stereocenters. The highest BCUT2D eigenvalue weighted by atomic mass is 19.1. The van der Waals surface area contributed by atoms with Crippen molar-refractivity contribution in [1.29, 1.82) is 0 Å². The van der Waals surface area contributed by atoms with Crippen LogP contribution in [-0.4, -0.2) is 70.6 Å². The molecule has 0 spiro atoms. The van der Waals surface area contributed by atoms with E-state index in [2.05, 4.69) is 10.3 Å². The highest BCUT2D eigenvalue weighted by molar-refractivity contribution is 6.06. The van der Waals surface area contributed by atoms with Crippen molar-refractivity contribution in [3.8, 4) is 0 Å². The Balaban J connectivity index is 1.19.